The Morgan fingerprint density at radius 2 is 1.91 bits per heavy atom. The number of thioether (sulfide) groups is 1. The molecule has 0 bridgehead atoms. The smallest absolute Gasteiger partial charge is 0.340 e. The zero-order valence-electron chi connectivity index (χ0n) is 11.7. The fourth-order valence-electron chi connectivity index (χ4n) is 2.33. The maximum absolute atomic E-state index is 12.8. The number of anilines is 1. The minimum Gasteiger partial charge on any atom is -0.340 e. The van der Waals surface area contributed by atoms with Gasteiger partial charge in [-0.2, -0.15) is 13.2 Å². The van der Waals surface area contributed by atoms with Crippen LogP contribution in [-0.2, 0) is 12.7 Å². The summed E-state index contributed by atoms with van der Waals surface area (Å²) in [5.74, 6) is 0.608. The molecule has 0 spiro atoms. The van der Waals surface area contributed by atoms with E-state index in [4.69, 9.17) is 0 Å². The maximum Gasteiger partial charge on any atom is 0.416 e. The van der Waals surface area contributed by atoms with Gasteiger partial charge in [0, 0.05) is 16.1 Å². The van der Waals surface area contributed by atoms with Crippen molar-refractivity contribution >= 4 is 23.3 Å². The lowest BCUT2D eigenvalue weighted by molar-refractivity contribution is -0.137. The summed E-state index contributed by atoms with van der Waals surface area (Å²) in [5, 5.41) is 3.04. The minimum absolute atomic E-state index is 0.374. The lowest BCUT2D eigenvalue weighted by atomic mass is 10.1. The van der Waals surface area contributed by atoms with Crippen LogP contribution in [0.3, 0.4) is 0 Å². The molecule has 0 saturated heterocycles. The van der Waals surface area contributed by atoms with E-state index in [-0.39, 0.29) is 0 Å². The van der Waals surface area contributed by atoms with Gasteiger partial charge in [0.25, 0.3) is 0 Å². The first kappa shape index (κ1) is 15.0. The molecule has 114 valence electrons. The Morgan fingerprint density at radius 3 is 2.64 bits per heavy atom. The second-order valence-corrected chi connectivity index (χ2v) is 5.71. The standard InChI is InChI=1S/C16H13F3N2S/c1-22-14-5-3-2-4-12(14)15-20-9-10-6-7-11(16(17,18)19)8-13(10)21-15/h2-8H,9H2,1H3,(H,20,21). The molecule has 0 radical (unpaired) electrons. The number of halogens is 3. The highest BCUT2D eigenvalue weighted by molar-refractivity contribution is 7.98. The number of benzene rings is 2. The Hall–Kier alpha value is -1.95. The van der Waals surface area contributed by atoms with Crippen LogP contribution in [-0.4, -0.2) is 12.1 Å². The quantitative estimate of drug-likeness (QED) is 0.803. The third kappa shape index (κ3) is 2.83. The number of nitrogens with one attached hydrogen (secondary N) is 1. The first-order valence-electron chi connectivity index (χ1n) is 6.64. The molecule has 6 heteroatoms. The molecule has 3 rings (SSSR count). The minimum atomic E-state index is -4.34. The molecule has 1 aliphatic rings. The molecular weight excluding hydrogens is 309 g/mol. The van der Waals surface area contributed by atoms with Crippen LogP contribution < -0.4 is 5.32 Å². The molecule has 0 saturated carbocycles. The molecule has 0 unspecified atom stereocenters. The predicted octanol–water partition coefficient (Wildman–Crippen LogP) is 4.80. The lowest BCUT2D eigenvalue weighted by Crippen LogP contribution is -2.20. The summed E-state index contributed by atoms with van der Waals surface area (Å²) in [6.45, 7) is 0.374. The van der Waals surface area contributed by atoms with Gasteiger partial charge in [-0.1, -0.05) is 24.3 Å². The number of rotatable bonds is 2. The highest BCUT2D eigenvalue weighted by atomic mass is 32.2. The number of hydrogen-bond donors (Lipinski definition) is 1. The summed E-state index contributed by atoms with van der Waals surface area (Å²) in [6, 6.07) is 11.4. The second-order valence-electron chi connectivity index (χ2n) is 4.86. The van der Waals surface area contributed by atoms with Crippen LogP contribution in [0.25, 0.3) is 0 Å². The predicted molar refractivity (Wildman–Crippen MR) is 83.5 cm³/mol. The topological polar surface area (TPSA) is 24.4 Å². The monoisotopic (exact) mass is 322 g/mol. The molecule has 22 heavy (non-hydrogen) atoms. The van der Waals surface area contributed by atoms with E-state index in [0.29, 0.717) is 18.1 Å². The molecule has 1 N–H and O–H groups in total. The Morgan fingerprint density at radius 1 is 1.14 bits per heavy atom. The summed E-state index contributed by atoms with van der Waals surface area (Å²) in [5.41, 5.74) is 1.48. The van der Waals surface area contributed by atoms with Crippen molar-refractivity contribution in [1.82, 2.24) is 0 Å². The Bertz CT molecular complexity index is 738. The van der Waals surface area contributed by atoms with Crippen molar-refractivity contribution in [3.05, 3.63) is 59.2 Å². The molecule has 1 aliphatic heterocycles. The van der Waals surface area contributed by atoms with Gasteiger partial charge in [-0.3, -0.25) is 4.99 Å². The van der Waals surface area contributed by atoms with Gasteiger partial charge >= 0.3 is 6.18 Å². The van der Waals surface area contributed by atoms with E-state index < -0.39 is 11.7 Å². The molecule has 2 aromatic rings. The van der Waals surface area contributed by atoms with Crippen molar-refractivity contribution in [2.75, 3.05) is 11.6 Å². The number of aliphatic imine (C=N–C) groups is 1. The van der Waals surface area contributed by atoms with Gasteiger partial charge in [-0.05, 0) is 30.0 Å². The second kappa shape index (κ2) is 5.68. The highest BCUT2D eigenvalue weighted by Gasteiger charge is 2.31. The number of alkyl halides is 3. The molecule has 0 aromatic heterocycles. The molecule has 1 heterocycles. The molecule has 0 amide bonds. The average molecular weight is 322 g/mol. The van der Waals surface area contributed by atoms with Crippen molar-refractivity contribution in [1.29, 1.82) is 0 Å². The van der Waals surface area contributed by atoms with Crippen LogP contribution in [0.1, 0.15) is 16.7 Å². The molecular formula is C16H13F3N2S. The molecule has 0 fully saturated rings. The van der Waals surface area contributed by atoms with E-state index in [1.165, 1.54) is 6.07 Å². The van der Waals surface area contributed by atoms with Gasteiger partial charge in [0.05, 0.1) is 12.1 Å². The van der Waals surface area contributed by atoms with Crippen molar-refractivity contribution in [3.8, 4) is 0 Å². The number of amidine groups is 1. The van der Waals surface area contributed by atoms with Gasteiger partial charge in [0.2, 0.25) is 0 Å². The molecule has 0 aliphatic carbocycles. The largest absolute Gasteiger partial charge is 0.416 e. The molecule has 2 nitrogen and oxygen atoms in total. The fourth-order valence-corrected chi connectivity index (χ4v) is 2.93. The molecule has 2 aromatic carbocycles. The van der Waals surface area contributed by atoms with Crippen molar-refractivity contribution in [2.45, 2.75) is 17.6 Å². The normalized spacial score (nSPS) is 14.1. The SMILES string of the molecule is CSc1ccccc1C1=NCc2ccc(C(F)(F)F)cc2N1. The summed E-state index contributed by atoms with van der Waals surface area (Å²) in [4.78, 5) is 5.48. The van der Waals surface area contributed by atoms with Crippen LogP contribution in [0.5, 0.6) is 0 Å². The summed E-state index contributed by atoms with van der Waals surface area (Å²) >= 11 is 1.58. The van der Waals surface area contributed by atoms with Crippen molar-refractivity contribution in [3.63, 3.8) is 0 Å². The van der Waals surface area contributed by atoms with Crippen LogP contribution in [0, 0.1) is 0 Å². The number of fused-ring (bicyclic) bond motifs is 1. The van der Waals surface area contributed by atoms with Crippen molar-refractivity contribution in [2.24, 2.45) is 4.99 Å². The van der Waals surface area contributed by atoms with Crippen LogP contribution in [0.4, 0.5) is 18.9 Å². The number of hydrogen-bond acceptors (Lipinski definition) is 3. The third-order valence-corrected chi connectivity index (χ3v) is 4.26. The Balaban J connectivity index is 1.96. The average Bonchev–Trinajstić information content (AvgIpc) is 2.53. The first-order chi connectivity index (χ1) is 10.5. The highest BCUT2D eigenvalue weighted by Crippen LogP contribution is 2.34. The van der Waals surface area contributed by atoms with E-state index in [9.17, 15) is 13.2 Å². The first-order valence-corrected chi connectivity index (χ1v) is 7.86. The zero-order valence-corrected chi connectivity index (χ0v) is 12.6. The van der Waals surface area contributed by atoms with E-state index >= 15 is 0 Å². The maximum atomic E-state index is 12.8. The van der Waals surface area contributed by atoms with Gasteiger partial charge in [-0.15, -0.1) is 11.8 Å². The Labute approximate surface area is 130 Å². The fraction of sp³-hybridized carbons (Fsp3) is 0.188. The zero-order chi connectivity index (χ0) is 15.7. The van der Waals surface area contributed by atoms with E-state index in [1.54, 1.807) is 11.8 Å². The summed E-state index contributed by atoms with van der Waals surface area (Å²) in [7, 11) is 0. The Kier molecular flexibility index (Phi) is 3.87. The summed E-state index contributed by atoms with van der Waals surface area (Å²) in [6.07, 6.45) is -2.39. The van der Waals surface area contributed by atoms with E-state index in [1.807, 2.05) is 30.5 Å². The van der Waals surface area contributed by atoms with Gasteiger partial charge in [0.15, 0.2) is 0 Å². The van der Waals surface area contributed by atoms with Crippen LogP contribution in [0.15, 0.2) is 52.4 Å². The lowest BCUT2D eigenvalue weighted by Gasteiger charge is -2.21. The van der Waals surface area contributed by atoms with Gasteiger partial charge < -0.3 is 5.32 Å². The molecule has 0 atom stereocenters. The van der Waals surface area contributed by atoms with Crippen molar-refractivity contribution < 1.29 is 13.2 Å². The summed E-state index contributed by atoms with van der Waals surface area (Å²) < 4.78 is 38.5. The third-order valence-electron chi connectivity index (χ3n) is 3.46. The van der Waals surface area contributed by atoms with E-state index in [2.05, 4.69) is 10.3 Å². The van der Waals surface area contributed by atoms with Gasteiger partial charge in [0.1, 0.15) is 5.84 Å². The van der Waals surface area contributed by atoms with Crippen LogP contribution in [0.2, 0.25) is 0 Å². The van der Waals surface area contributed by atoms with Crippen LogP contribution >= 0.6 is 11.8 Å². The van der Waals surface area contributed by atoms with Gasteiger partial charge in [-0.25, -0.2) is 0 Å². The number of nitrogens with zero attached hydrogens (tertiary/aromatic N) is 1. The van der Waals surface area contributed by atoms with E-state index in [0.717, 1.165) is 28.2 Å².